The predicted molar refractivity (Wildman–Crippen MR) is 103 cm³/mol. The van der Waals surface area contributed by atoms with Crippen molar-refractivity contribution >= 4 is 23.2 Å². The molecule has 2 amide bonds. The van der Waals surface area contributed by atoms with Crippen LogP contribution in [0.3, 0.4) is 0 Å². The van der Waals surface area contributed by atoms with Crippen molar-refractivity contribution in [1.82, 2.24) is 15.5 Å². The fourth-order valence-corrected chi connectivity index (χ4v) is 3.85. The largest absolute Gasteiger partial charge is 0.370 e. The van der Waals surface area contributed by atoms with Gasteiger partial charge in [0, 0.05) is 49.8 Å². The van der Waals surface area contributed by atoms with E-state index < -0.39 is 0 Å². The van der Waals surface area contributed by atoms with Crippen LogP contribution in [0.1, 0.15) is 34.6 Å². The highest BCUT2D eigenvalue weighted by atomic mass is 16.2. The average Bonchev–Trinajstić information content (AvgIpc) is 3.13. The number of anilines is 2. The summed E-state index contributed by atoms with van der Waals surface area (Å²) in [5, 5.41) is 13.5. The minimum absolute atomic E-state index is 0.0638. The molecule has 4 rings (SSSR count). The van der Waals surface area contributed by atoms with Gasteiger partial charge in [-0.15, -0.1) is 0 Å². The van der Waals surface area contributed by atoms with Gasteiger partial charge < -0.3 is 21.3 Å². The van der Waals surface area contributed by atoms with Gasteiger partial charge in [-0.1, -0.05) is 12.1 Å². The van der Waals surface area contributed by atoms with Gasteiger partial charge in [0.05, 0.1) is 11.4 Å². The van der Waals surface area contributed by atoms with Crippen LogP contribution in [0.5, 0.6) is 0 Å². The highest BCUT2D eigenvalue weighted by Crippen LogP contribution is 2.30. The molecule has 0 bridgehead atoms. The molecule has 5 N–H and O–H groups in total. The number of para-hydroxylation sites is 2. The maximum atomic E-state index is 12.8. The van der Waals surface area contributed by atoms with Crippen LogP contribution in [0.2, 0.25) is 0 Å². The Morgan fingerprint density at radius 3 is 2.78 bits per heavy atom. The molecule has 3 heterocycles. The lowest BCUT2D eigenvalue weighted by atomic mass is 9.96. The van der Waals surface area contributed by atoms with Crippen LogP contribution in [-0.2, 0) is 17.8 Å². The van der Waals surface area contributed by atoms with Crippen molar-refractivity contribution in [3.8, 4) is 0 Å². The van der Waals surface area contributed by atoms with Crippen molar-refractivity contribution in [1.29, 1.82) is 0 Å². The van der Waals surface area contributed by atoms with Crippen molar-refractivity contribution in [2.45, 2.75) is 25.8 Å². The first-order chi connectivity index (χ1) is 13.1. The number of amides is 2. The topological polar surface area (TPSA) is 116 Å². The smallest absolute Gasteiger partial charge is 0.276 e. The molecule has 27 heavy (non-hydrogen) atoms. The quantitative estimate of drug-likeness (QED) is 0.643. The summed E-state index contributed by atoms with van der Waals surface area (Å²) in [6.07, 6.45) is 2.31. The zero-order valence-electron chi connectivity index (χ0n) is 15.1. The molecule has 0 aliphatic carbocycles. The molecule has 0 atom stereocenters. The maximum absolute atomic E-state index is 12.8. The Labute approximate surface area is 157 Å². The third-order valence-electron chi connectivity index (χ3n) is 5.41. The van der Waals surface area contributed by atoms with E-state index in [0.29, 0.717) is 12.2 Å². The van der Waals surface area contributed by atoms with Gasteiger partial charge in [-0.2, -0.15) is 5.10 Å². The predicted octanol–water partition coefficient (Wildman–Crippen LogP) is 1.01. The van der Waals surface area contributed by atoms with E-state index in [1.807, 2.05) is 24.3 Å². The zero-order valence-corrected chi connectivity index (χ0v) is 15.1. The SMILES string of the molecule is NC(=O)C1CCN(c2ccccc2NC(=O)c2n[nH]c3c2CNCC3)CC1. The van der Waals surface area contributed by atoms with E-state index in [1.54, 1.807) is 0 Å². The molecule has 1 fully saturated rings. The molecule has 1 aromatic carbocycles. The Morgan fingerprint density at radius 2 is 2.00 bits per heavy atom. The van der Waals surface area contributed by atoms with Gasteiger partial charge in [0.2, 0.25) is 5.91 Å². The van der Waals surface area contributed by atoms with E-state index in [1.165, 1.54) is 0 Å². The number of carbonyl (C=O) groups is 2. The van der Waals surface area contributed by atoms with E-state index in [-0.39, 0.29) is 17.7 Å². The van der Waals surface area contributed by atoms with E-state index in [9.17, 15) is 9.59 Å². The standard InChI is InChI=1S/C19H24N6O2/c20-18(26)12-6-9-25(10-7-12)16-4-2-1-3-15(16)22-19(27)17-13-11-21-8-5-14(13)23-24-17/h1-4,12,21H,5-11H2,(H2,20,26)(H,22,27)(H,23,24). The summed E-state index contributed by atoms with van der Waals surface area (Å²) >= 11 is 0. The van der Waals surface area contributed by atoms with E-state index in [2.05, 4.69) is 25.7 Å². The summed E-state index contributed by atoms with van der Waals surface area (Å²) in [6, 6.07) is 7.73. The fourth-order valence-electron chi connectivity index (χ4n) is 3.85. The van der Waals surface area contributed by atoms with Crippen LogP contribution in [0.25, 0.3) is 0 Å². The Balaban J connectivity index is 1.51. The first-order valence-electron chi connectivity index (χ1n) is 9.35. The Hall–Kier alpha value is -2.87. The number of hydrogen-bond donors (Lipinski definition) is 4. The molecule has 0 saturated carbocycles. The third kappa shape index (κ3) is 3.52. The lowest BCUT2D eigenvalue weighted by Gasteiger charge is -2.33. The molecule has 8 heteroatoms. The van der Waals surface area contributed by atoms with E-state index >= 15 is 0 Å². The lowest BCUT2D eigenvalue weighted by Crippen LogP contribution is -2.38. The van der Waals surface area contributed by atoms with Gasteiger partial charge >= 0.3 is 0 Å². The summed E-state index contributed by atoms with van der Waals surface area (Å²) in [5.74, 6) is -0.505. The van der Waals surface area contributed by atoms with Crippen LogP contribution >= 0.6 is 0 Å². The van der Waals surface area contributed by atoms with Crippen LogP contribution in [0.15, 0.2) is 24.3 Å². The minimum atomic E-state index is -0.229. The van der Waals surface area contributed by atoms with Crippen LogP contribution in [-0.4, -0.2) is 41.6 Å². The number of rotatable bonds is 4. The number of primary amides is 1. The number of H-pyrrole nitrogens is 1. The molecule has 2 aliphatic rings. The summed E-state index contributed by atoms with van der Waals surface area (Å²) < 4.78 is 0. The maximum Gasteiger partial charge on any atom is 0.276 e. The van der Waals surface area contributed by atoms with Crippen molar-refractivity contribution in [3.05, 3.63) is 41.2 Å². The number of aromatic amines is 1. The molecule has 0 spiro atoms. The monoisotopic (exact) mass is 368 g/mol. The number of carbonyl (C=O) groups excluding carboxylic acids is 2. The summed E-state index contributed by atoms with van der Waals surface area (Å²) in [4.78, 5) is 26.4. The van der Waals surface area contributed by atoms with Gasteiger partial charge in [-0.25, -0.2) is 0 Å². The molecule has 2 aromatic rings. The summed E-state index contributed by atoms with van der Waals surface area (Å²) in [5.41, 5.74) is 9.55. The lowest BCUT2D eigenvalue weighted by molar-refractivity contribution is -0.122. The number of benzene rings is 1. The minimum Gasteiger partial charge on any atom is -0.370 e. The van der Waals surface area contributed by atoms with Crippen molar-refractivity contribution in [2.24, 2.45) is 11.7 Å². The van der Waals surface area contributed by atoms with Gasteiger partial charge in [0.25, 0.3) is 5.91 Å². The van der Waals surface area contributed by atoms with E-state index in [0.717, 1.165) is 61.5 Å². The highest BCUT2D eigenvalue weighted by Gasteiger charge is 2.26. The number of nitrogens with two attached hydrogens (primary N) is 1. The molecule has 2 aliphatic heterocycles. The van der Waals surface area contributed by atoms with Crippen molar-refractivity contribution in [2.75, 3.05) is 29.9 Å². The normalized spacial score (nSPS) is 17.4. The van der Waals surface area contributed by atoms with Crippen molar-refractivity contribution < 1.29 is 9.59 Å². The van der Waals surface area contributed by atoms with Crippen LogP contribution < -0.4 is 21.3 Å². The van der Waals surface area contributed by atoms with Gasteiger partial charge in [-0.05, 0) is 25.0 Å². The molecular weight excluding hydrogens is 344 g/mol. The second kappa shape index (κ2) is 7.40. The van der Waals surface area contributed by atoms with Gasteiger partial charge in [0.1, 0.15) is 0 Å². The van der Waals surface area contributed by atoms with Crippen LogP contribution in [0, 0.1) is 5.92 Å². The first-order valence-corrected chi connectivity index (χ1v) is 9.35. The molecule has 0 unspecified atom stereocenters. The zero-order chi connectivity index (χ0) is 18.8. The summed E-state index contributed by atoms with van der Waals surface area (Å²) in [6.45, 7) is 3.02. The molecular formula is C19H24N6O2. The molecule has 1 aromatic heterocycles. The fraction of sp³-hybridized carbons (Fsp3) is 0.421. The Morgan fingerprint density at radius 1 is 1.22 bits per heavy atom. The Bertz CT molecular complexity index is 854. The average molecular weight is 368 g/mol. The Kier molecular flexibility index (Phi) is 4.81. The third-order valence-corrected chi connectivity index (χ3v) is 5.41. The second-order valence-electron chi connectivity index (χ2n) is 7.09. The highest BCUT2D eigenvalue weighted by molar-refractivity contribution is 6.05. The van der Waals surface area contributed by atoms with Crippen molar-refractivity contribution in [3.63, 3.8) is 0 Å². The van der Waals surface area contributed by atoms with E-state index in [4.69, 9.17) is 5.73 Å². The number of nitrogens with one attached hydrogen (secondary N) is 3. The number of hydrogen-bond acceptors (Lipinski definition) is 5. The second-order valence-corrected chi connectivity index (χ2v) is 7.09. The summed E-state index contributed by atoms with van der Waals surface area (Å²) in [7, 11) is 0. The molecule has 1 saturated heterocycles. The molecule has 142 valence electrons. The number of aromatic nitrogens is 2. The van der Waals surface area contributed by atoms with Gasteiger partial charge in [-0.3, -0.25) is 14.7 Å². The van der Waals surface area contributed by atoms with Gasteiger partial charge in [0.15, 0.2) is 5.69 Å². The molecule has 0 radical (unpaired) electrons. The van der Waals surface area contributed by atoms with Crippen LogP contribution in [0.4, 0.5) is 11.4 Å². The first kappa shape index (κ1) is 17.5. The number of piperidine rings is 1. The number of fused-ring (bicyclic) bond motifs is 1. The molecule has 8 nitrogen and oxygen atoms in total. The number of nitrogens with zero attached hydrogens (tertiary/aromatic N) is 2.